The first kappa shape index (κ1) is 9.80. The quantitative estimate of drug-likeness (QED) is 0.700. The van der Waals surface area contributed by atoms with Gasteiger partial charge in [0.1, 0.15) is 6.73 Å². The fraction of sp³-hybridized carbons (Fsp3) is 0.333. The molecule has 0 aliphatic carbocycles. The molecule has 3 nitrogen and oxygen atoms in total. The number of aliphatic hydroxyl groups excluding tert-OH is 1. The molecule has 0 saturated heterocycles. The SMILES string of the molecule is CCOc1ccc(NCO)cc1F. The monoisotopic (exact) mass is 185 g/mol. The molecule has 0 spiro atoms. The summed E-state index contributed by atoms with van der Waals surface area (Å²) >= 11 is 0. The highest BCUT2D eigenvalue weighted by Gasteiger charge is 2.02. The Bertz CT molecular complexity index is 278. The van der Waals surface area contributed by atoms with E-state index in [1.54, 1.807) is 13.0 Å². The summed E-state index contributed by atoms with van der Waals surface area (Å²) < 4.78 is 18.1. The van der Waals surface area contributed by atoms with Gasteiger partial charge in [0, 0.05) is 11.8 Å². The van der Waals surface area contributed by atoms with Gasteiger partial charge >= 0.3 is 0 Å². The molecule has 0 saturated carbocycles. The van der Waals surface area contributed by atoms with Crippen molar-refractivity contribution in [1.29, 1.82) is 0 Å². The second kappa shape index (κ2) is 4.67. The van der Waals surface area contributed by atoms with Crippen LogP contribution in [-0.2, 0) is 0 Å². The minimum atomic E-state index is -0.430. The molecule has 4 heteroatoms. The Morgan fingerprint density at radius 1 is 1.54 bits per heavy atom. The summed E-state index contributed by atoms with van der Waals surface area (Å²) in [6, 6.07) is 4.45. The van der Waals surface area contributed by atoms with Gasteiger partial charge in [0.05, 0.1) is 6.61 Å². The normalized spacial score (nSPS) is 9.77. The van der Waals surface area contributed by atoms with Crippen LogP contribution in [0.4, 0.5) is 10.1 Å². The molecule has 1 aromatic carbocycles. The fourth-order valence-corrected chi connectivity index (χ4v) is 0.975. The first-order valence-corrected chi connectivity index (χ1v) is 4.05. The topological polar surface area (TPSA) is 41.5 Å². The Morgan fingerprint density at radius 2 is 2.31 bits per heavy atom. The first-order valence-electron chi connectivity index (χ1n) is 4.05. The predicted octanol–water partition coefficient (Wildman–Crippen LogP) is 1.59. The maximum Gasteiger partial charge on any atom is 0.167 e. The van der Waals surface area contributed by atoms with Crippen molar-refractivity contribution in [1.82, 2.24) is 0 Å². The lowest BCUT2D eigenvalue weighted by atomic mass is 10.3. The van der Waals surface area contributed by atoms with E-state index in [1.165, 1.54) is 12.1 Å². The molecule has 0 aliphatic rings. The van der Waals surface area contributed by atoms with E-state index >= 15 is 0 Å². The van der Waals surface area contributed by atoms with Gasteiger partial charge in [-0.3, -0.25) is 0 Å². The van der Waals surface area contributed by atoms with Crippen LogP contribution in [0.15, 0.2) is 18.2 Å². The van der Waals surface area contributed by atoms with Gasteiger partial charge in [-0.25, -0.2) is 4.39 Å². The lowest BCUT2D eigenvalue weighted by molar-refractivity contribution is 0.320. The largest absolute Gasteiger partial charge is 0.491 e. The molecule has 1 aromatic rings. The molecular formula is C9H12FNO2. The summed E-state index contributed by atoms with van der Waals surface area (Å²) in [5.74, 6) is -0.203. The number of anilines is 1. The van der Waals surface area contributed by atoms with Crippen molar-refractivity contribution < 1.29 is 14.2 Å². The first-order chi connectivity index (χ1) is 6.27. The van der Waals surface area contributed by atoms with Crippen molar-refractivity contribution in [3.8, 4) is 5.75 Å². The molecule has 0 aromatic heterocycles. The number of rotatable bonds is 4. The number of hydrogen-bond acceptors (Lipinski definition) is 3. The minimum absolute atomic E-state index is 0.215. The molecule has 0 heterocycles. The van der Waals surface area contributed by atoms with E-state index in [1.807, 2.05) is 0 Å². The summed E-state index contributed by atoms with van der Waals surface area (Å²) in [7, 11) is 0. The third-order valence-corrected chi connectivity index (χ3v) is 1.51. The Labute approximate surface area is 76.1 Å². The average molecular weight is 185 g/mol. The molecule has 1 rings (SSSR count). The maximum absolute atomic E-state index is 13.1. The molecular weight excluding hydrogens is 173 g/mol. The second-order valence-corrected chi connectivity index (χ2v) is 2.41. The van der Waals surface area contributed by atoms with Crippen LogP contribution in [0.5, 0.6) is 5.75 Å². The summed E-state index contributed by atoms with van der Waals surface area (Å²) in [6.45, 7) is 2.01. The van der Waals surface area contributed by atoms with Crippen LogP contribution in [0.1, 0.15) is 6.92 Å². The van der Waals surface area contributed by atoms with E-state index < -0.39 is 5.82 Å². The van der Waals surface area contributed by atoms with Crippen LogP contribution >= 0.6 is 0 Å². The Morgan fingerprint density at radius 3 is 2.85 bits per heavy atom. The standard InChI is InChI=1S/C9H12FNO2/c1-2-13-9-4-3-7(11-6-12)5-8(9)10/h3-5,11-12H,2,6H2,1H3. The second-order valence-electron chi connectivity index (χ2n) is 2.41. The zero-order chi connectivity index (χ0) is 9.68. The zero-order valence-electron chi connectivity index (χ0n) is 7.38. The molecule has 0 bridgehead atoms. The highest BCUT2D eigenvalue weighted by Crippen LogP contribution is 2.20. The van der Waals surface area contributed by atoms with Gasteiger partial charge in [-0.2, -0.15) is 0 Å². The van der Waals surface area contributed by atoms with E-state index in [0.29, 0.717) is 12.3 Å². The maximum atomic E-state index is 13.1. The van der Waals surface area contributed by atoms with Crippen molar-refractivity contribution in [2.75, 3.05) is 18.7 Å². The van der Waals surface area contributed by atoms with Crippen molar-refractivity contribution in [2.45, 2.75) is 6.92 Å². The molecule has 0 amide bonds. The van der Waals surface area contributed by atoms with Gasteiger partial charge in [0.2, 0.25) is 0 Å². The van der Waals surface area contributed by atoms with E-state index in [0.717, 1.165) is 0 Å². The number of aliphatic hydroxyl groups is 1. The summed E-state index contributed by atoms with van der Waals surface area (Å²) in [6.07, 6.45) is 0. The Balaban J connectivity index is 2.79. The average Bonchev–Trinajstić information content (AvgIpc) is 2.10. The van der Waals surface area contributed by atoms with Gasteiger partial charge in [-0.1, -0.05) is 0 Å². The molecule has 72 valence electrons. The smallest absolute Gasteiger partial charge is 0.167 e. The van der Waals surface area contributed by atoms with Crippen LogP contribution < -0.4 is 10.1 Å². The van der Waals surface area contributed by atoms with Gasteiger partial charge in [0.25, 0.3) is 0 Å². The summed E-state index contributed by atoms with van der Waals surface area (Å²) in [4.78, 5) is 0. The van der Waals surface area contributed by atoms with E-state index in [-0.39, 0.29) is 12.5 Å². The van der Waals surface area contributed by atoms with Crippen molar-refractivity contribution >= 4 is 5.69 Å². The van der Waals surface area contributed by atoms with Crippen LogP contribution in [-0.4, -0.2) is 18.4 Å². The molecule has 0 unspecified atom stereocenters. The summed E-state index contributed by atoms with van der Waals surface area (Å²) in [5, 5.41) is 11.1. The van der Waals surface area contributed by atoms with Crippen LogP contribution in [0.25, 0.3) is 0 Å². The van der Waals surface area contributed by atoms with E-state index in [2.05, 4.69) is 5.32 Å². The molecule has 13 heavy (non-hydrogen) atoms. The highest BCUT2D eigenvalue weighted by molar-refractivity contribution is 5.46. The molecule has 0 radical (unpaired) electrons. The van der Waals surface area contributed by atoms with Gasteiger partial charge in [-0.05, 0) is 19.1 Å². The van der Waals surface area contributed by atoms with E-state index in [9.17, 15) is 4.39 Å². The van der Waals surface area contributed by atoms with E-state index in [4.69, 9.17) is 9.84 Å². The Hall–Kier alpha value is -1.29. The molecule has 0 fully saturated rings. The lowest BCUT2D eigenvalue weighted by Crippen LogP contribution is -2.00. The fourth-order valence-electron chi connectivity index (χ4n) is 0.975. The number of ether oxygens (including phenoxy) is 1. The van der Waals surface area contributed by atoms with Crippen molar-refractivity contribution in [3.63, 3.8) is 0 Å². The zero-order valence-corrected chi connectivity index (χ0v) is 7.38. The Kier molecular flexibility index (Phi) is 3.52. The molecule has 2 N–H and O–H groups in total. The van der Waals surface area contributed by atoms with Crippen LogP contribution in [0.3, 0.4) is 0 Å². The third-order valence-electron chi connectivity index (χ3n) is 1.51. The molecule has 0 atom stereocenters. The predicted molar refractivity (Wildman–Crippen MR) is 48.3 cm³/mol. The number of benzene rings is 1. The van der Waals surface area contributed by atoms with Crippen molar-refractivity contribution in [3.05, 3.63) is 24.0 Å². The van der Waals surface area contributed by atoms with Gasteiger partial charge < -0.3 is 15.2 Å². The number of hydrogen-bond donors (Lipinski definition) is 2. The minimum Gasteiger partial charge on any atom is -0.491 e. The van der Waals surface area contributed by atoms with Gasteiger partial charge in [0.15, 0.2) is 11.6 Å². The van der Waals surface area contributed by atoms with Gasteiger partial charge in [-0.15, -0.1) is 0 Å². The van der Waals surface area contributed by atoms with Crippen LogP contribution in [0.2, 0.25) is 0 Å². The molecule has 0 aliphatic heterocycles. The number of nitrogens with one attached hydrogen (secondary N) is 1. The van der Waals surface area contributed by atoms with Crippen molar-refractivity contribution in [2.24, 2.45) is 0 Å². The summed E-state index contributed by atoms with van der Waals surface area (Å²) in [5.41, 5.74) is 0.531. The highest BCUT2D eigenvalue weighted by atomic mass is 19.1. The third kappa shape index (κ3) is 2.59. The number of halogens is 1. The lowest BCUT2D eigenvalue weighted by Gasteiger charge is -2.06. The van der Waals surface area contributed by atoms with Crippen LogP contribution in [0, 0.1) is 5.82 Å².